The molecule has 7 nitrogen and oxygen atoms in total. The van der Waals surface area contributed by atoms with Gasteiger partial charge in [0.05, 0.1) is 20.0 Å². The van der Waals surface area contributed by atoms with Gasteiger partial charge in [-0.1, -0.05) is 48.5 Å². The zero-order valence-electron chi connectivity index (χ0n) is 18.9. The Balaban J connectivity index is 1.83. The molecule has 0 bridgehead atoms. The predicted octanol–water partition coefficient (Wildman–Crippen LogP) is 3.99. The van der Waals surface area contributed by atoms with Gasteiger partial charge in [-0.25, -0.2) is 0 Å². The molecule has 3 aromatic carbocycles. The highest BCUT2D eigenvalue weighted by atomic mass is 32.2. The molecule has 8 heteroatoms. The van der Waals surface area contributed by atoms with Gasteiger partial charge in [0.15, 0.2) is 11.5 Å². The summed E-state index contributed by atoms with van der Waals surface area (Å²) < 4.78 is 38.6. The van der Waals surface area contributed by atoms with Crippen molar-refractivity contribution < 1.29 is 26.9 Å². The van der Waals surface area contributed by atoms with Gasteiger partial charge in [0, 0.05) is 25.8 Å². The standard InChI is InChI=1S/C25H27NO6S/c1-30-16-15-26(18-19-9-14-23(31-2)24(17-19)32-33(3,28)29)25(27)22-12-10-21(11-13-22)20-7-5-4-6-8-20/h4-14,17H,15-16,18H2,1-3H3. The summed E-state index contributed by atoms with van der Waals surface area (Å²) in [6.45, 7) is 0.966. The minimum atomic E-state index is -3.74. The number of nitrogens with zero attached hydrogens (tertiary/aromatic N) is 1. The topological polar surface area (TPSA) is 82.1 Å². The molecular formula is C25H27NO6S. The van der Waals surface area contributed by atoms with Crippen molar-refractivity contribution in [1.82, 2.24) is 4.90 Å². The lowest BCUT2D eigenvalue weighted by atomic mass is 10.0. The van der Waals surface area contributed by atoms with Crippen LogP contribution in [-0.4, -0.2) is 52.9 Å². The quantitative estimate of drug-likeness (QED) is 0.418. The van der Waals surface area contributed by atoms with E-state index in [0.29, 0.717) is 24.3 Å². The second-order valence-corrected chi connectivity index (χ2v) is 9.01. The van der Waals surface area contributed by atoms with E-state index >= 15 is 0 Å². The molecule has 0 fully saturated rings. The maximum Gasteiger partial charge on any atom is 0.306 e. The third-order valence-corrected chi connectivity index (χ3v) is 5.42. The molecule has 0 N–H and O–H groups in total. The molecular weight excluding hydrogens is 442 g/mol. The Kier molecular flexibility index (Phi) is 8.08. The SMILES string of the molecule is COCCN(Cc1ccc(OC)c(OS(C)(=O)=O)c1)C(=O)c1ccc(-c2ccccc2)cc1. The largest absolute Gasteiger partial charge is 0.493 e. The van der Waals surface area contributed by atoms with Crippen molar-refractivity contribution in [1.29, 1.82) is 0 Å². The molecule has 0 aromatic heterocycles. The van der Waals surface area contributed by atoms with E-state index in [2.05, 4.69) is 0 Å². The van der Waals surface area contributed by atoms with E-state index in [1.807, 2.05) is 42.5 Å². The lowest BCUT2D eigenvalue weighted by Gasteiger charge is -2.23. The summed E-state index contributed by atoms with van der Waals surface area (Å²) in [6, 6.07) is 22.3. The number of methoxy groups -OCH3 is 2. The Hall–Kier alpha value is -3.36. The molecule has 0 heterocycles. The number of benzene rings is 3. The van der Waals surface area contributed by atoms with Crippen molar-refractivity contribution in [3.8, 4) is 22.6 Å². The minimum absolute atomic E-state index is 0.0730. The van der Waals surface area contributed by atoms with E-state index in [-0.39, 0.29) is 24.0 Å². The van der Waals surface area contributed by atoms with Crippen LogP contribution in [0, 0.1) is 0 Å². The van der Waals surface area contributed by atoms with Crippen molar-refractivity contribution in [2.45, 2.75) is 6.54 Å². The van der Waals surface area contributed by atoms with Gasteiger partial charge in [0.2, 0.25) is 0 Å². The fourth-order valence-corrected chi connectivity index (χ4v) is 3.80. The lowest BCUT2D eigenvalue weighted by molar-refractivity contribution is 0.0680. The second kappa shape index (κ2) is 11.0. The fourth-order valence-electron chi connectivity index (χ4n) is 3.34. The predicted molar refractivity (Wildman–Crippen MR) is 127 cm³/mol. The smallest absolute Gasteiger partial charge is 0.306 e. The Morgan fingerprint density at radius 3 is 2.15 bits per heavy atom. The highest BCUT2D eigenvalue weighted by Crippen LogP contribution is 2.30. The molecule has 0 saturated heterocycles. The molecule has 174 valence electrons. The second-order valence-electron chi connectivity index (χ2n) is 7.44. The fraction of sp³-hybridized carbons (Fsp3) is 0.240. The van der Waals surface area contributed by atoms with E-state index < -0.39 is 10.1 Å². The maximum absolute atomic E-state index is 13.3. The summed E-state index contributed by atoms with van der Waals surface area (Å²) in [7, 11) is -0.736. The van der Waals surface area contributed by atoms with Crippen molar-refractivity contribution >= 4 is 16.0 Å². The van der Waals surface area contributed by atoms with Crippen LogP contribution >= 0.6 is 0 Å². The third kappa shape index (κ3) is 6.81. The highest BCUT2D eigenvalue weighted by molar-refractivity contribution is 7.86. The van der Waals surface area contributed by atoms with Crippen LogP contribution < -0.4 is 8.92 Å². The average molecular weight is 470 g/mol. The van der Waals surface area contributed by atoms with E-state index in [4.69, 9.17) is 13.7 Å². The first-order valence-corrected chi connectivity index (χ1v) is 12.1. The first kappa shape index (κ1) is 24.3. The van der Waals surface area contributed by atoms with Crippen LogP contribution in [0.25, 0.3) is 11.1 Å². The average Bonchev–Trinajstić information content (AvgIpc) is 2.81. The Bertz CT molecular complexity index is 1180. The van der Waals surface area contributed by atoms with Crippen molar-refractivity contribution in [2.75, 3.05) is 33.6 Å². The monoisotopic (exact) mass is 469 g/mol. The zero-order valence-corrected chi connectivity index (χ0v) is 19.7. The summed E-state index contributed by atoms with van der Waals surface area (Å²) in [4.78, 5) is 14.9. The number of amides is 1. The third-order valence-electron chi connectivity index (χ3n) is 4.93. The Morgan fingerprint density at radius 2 is 1.55 bits per heavy atom. The van der Waals surface area contributed by atoms with Gasteiger partial charge >= 0.3 is 10.1 Å². The van der Waals surface area contributed by atoms with E-state index in [1.54, 1.807) is 42.3 Å². The van der Waals surface area contributed by atoms with Crippen molar-refractivity contribution in [2.24, 2.45) is 0 Å². The first-order chi connectivity index (χ1) is 15.8. The van der Waals surface area contributed by atoms with Gasteiger partial charge in [-0.3, -0.25) is 4.79 Å². The van der Waals surface area contributed by atoms with Crippen LogP contribution in [0.3, 0.4) is 0 Å². The number of hydrogen-bond donors (Lipinski definition) is 0. The van der Waals surface area contributed by atoms with Gasteiger partial charge in [0.1, 0.15) is 0 Å². The van der Waals surface area contributed by atoms with E-state index in [1.165, 1.54) is 7.11 Å². The molecule has 0 atom stereocenters. The van der Waals surface area contributed by atoms with Crippen LogP contribution in [0.5, 0.6) is 11.5 Å². The number of carbonyl (C=O) groups is 1. The van der Waals surface area contributed by atoms with Crippen LogP contribution in [0.2, 0.25) is 0 Å². The van der Waals surface area contributed by atoms with Crippen molar-refractivity contribution in [3.63, 3.8) is 0 Å². The molecule has 33 heavy (non-hydrogen) atoms. The molecule has 3 aromatic rings. The summed E-state index contributed by atoms with van der Waals surface area (Å²) >= 11 is 0. The van der Waals surface area contributed by atoms with E-state index in [0.717, 1.165) is 17.4 Å². The lowest BCUT2D eigenvalue weighted by Crippen LogP contribution is -2.33. The molecule has 0 aliphatic rings. The normalized spacial score (nSPS) is 11.1. The molecule has 0 radical (unpaired) electrons. The molecule has 3 rings (SSSR count). The molecule has 0 unspecified atom stereocenters. The Morgan fingerprint density at radius 1 is 0.879 bits per heavy atom. The summed E-state index contributed by atoms with van der Waals surface area (Å²) in [6.07, 6.45) is 0.965. The van der Waals surface area contributed by atoms with Gasteiger partial charge in [-0.15, -0.1) is 0 Å². The molecule has 0 aliphatic carbocycles. The maximum atomic E-state index is 13.3. The Labute approximate surface area is 194 Å². The molecule has 1 amide bonds. The van der Waals surface area contributed by atoms with Crippen LogP contribution in [0.4, 0.5) is 0 Å². The summed E-state index contributed by atoms with van der Waals surface area (Å²) in [5, 5.41) is 0. The summed E-state index contributed by atoms with van der Waals surface area (Å²) in [5.74, 6) is 0.201. The summed E-state index contributed by atoms with van der Waals surface area (Å²) in [5.41, 5.74) is 3.34. The molecule has 0 saturated carbocycles. The van der Waals surface area contributed by atoms with Crippen LogP contribution in [-0.2, 0) is 21.4 Å². The number of carbonyl (C=O) groups excluding carboxylic acids is 1. The van der Waals surface area contributed by atoms with Crippen LogP contribution in [0.1, 0.15) is 15.9 Å². The molecule has 0 spiro atoms. The number of hydrogen-bond acceptors (Lipinski definition) is 6. The minimum Gasteiger partial charge on any atom is -0.493 e. The van der Waals surface area contributed by atoms with Gasteiger partial charge < -0.3 is 18.6 Å². The molecule has 0 aliphatic heterocycles. The van der Waals surface area contributed by atoms with E-state index in [9.17, 15) is 13.2 Å². The zero-order chi connectivity index (χ0) is 23.8. The van der Waals surface area contributed by atoms with Crippen LogP contribution in [0.15, 0.2) is 72.8 Å². The van der Waals surface area contributed by atoms with Gasteiger partial charge in [0.25, 0.3) is 5.91 Å². The highest BCUT2D eigenvalue weighted by Gasteiger charge is 2.18. The number of ether oxygens (including phenoxy) is 2. The number of rotatable bonds is 10. The first-order valence-electron chi connectivity index (χ1n) is 10.3. The van der Waals surface area contributed by atoms with Gasteiger partial charge in [-0.2, -0.15) is 8.42 Å². The van der Waals surface area contributed by atoms with Gasteiger partial charge in [-0.05, 0) is 41.0 Å². The van der Waals surface area contributed by atoms with Crippen molar-refractivity contribution in [3.05, 3.63) is 83.9 Å².